The van der Waals surface area contributed by atoms with E-state index < -0.39 is 5.97 Å². The lowest BCUT2D eigenvalue weighted by Gasteiger charge is -2.44. The molecule has 1 aliphatic heterocycles. The number of likely N-dealkylation sites (tertiary alicyclic amines) is 1. The van der Waals surface area contributed by atoms with Crippen LogP contribution in [0.3, 0.4) is 0 Å². The molecule has 1 aromatic carbocycles. The first-order chi connectivity index (χ1) is 13.1. The van der Waals surface area contributed by atoms with Crippen LogP contribution in [-0.4, -0.2) is 65.2 Å². The summed E-state index contributed by atoms with van der Waals surface area (Å²) in [4.78, 5) is 16.0. The Morgan fingerprint density at radius 3 is 2.63 bits per heavy atom. The number of nitrogens with one attached hydrogen (secondary N) is 1. The van der Waals surface area contributed by atoms with E-state index in [-0.39, 0.29) is 6.54 Å². The third kappa shape index (κ3) is 4.89. The third-order valence-electron chi connectivity index (χ3n) is 6.68. The van der Waals surface area contributed by atoms with Gasteiger partial charge in [0.1, 0.15) is 0 Å². The number of carbonyl (C=O) groups is 1. The molecule has 2 saturated carbocycles. The van der Waals surface area contributed by atoms with Crippen LogP contribution in [0, 0.1) is 5.92 Å². The SMILES string of the molecule is CC(c1ccccc1)N1CCC(NC2CC(N(CC(=O)O)CC3CC3)C2)C1. The topological polar surface area (TPSA) is 55.8 Å². The number of hydrogen-bond donors (Lipinski definition) is 2. The summed E-state index contributed by atoms with van der Waals surface area (Å²) in [7, 11) is 0. The van der Waals surface area contributed by atoms with Gasteiger partial charge in [-0.25, -0.2) is 0 Å². The van der Waals surface area contributed by atoms with Gasteiger partial charge in [0.15, 0.2) is 0 Å². The van der Waals surface area contributed by atoms with Crippen LogP contribution in [-0.2, 0) is 4.79 Å². The Morgan fingerprint density at radius 2 is 1.96 bits per heavy atom. The standard InChI is InChI=1S/C22H33N3O2/c1-16(18-5-3-2-4-6-18)24-10-9-19(14-24)23-20-11-21(12-20)25(15-22(26)27)13-17-7-8-17/h2-6,16-17,19-21,23H,7-15H2,1H3,(H,26,27). The summed E-state index contributed by atoms with van der Waals surface area (Å²) in [6.07, 6.45) is 5.97. The van der Waals surface area contributed by atoms with Gasteiger partial charge in [-0.15, -0.1) is 0 Å². The first-order valence-electron chi connectivity index (χ1n) is 10.6. The fraction of sp³-hybridized carbons (Fsp3) is 0.682. The minimum absolute atomic E-state index is 0.208. The maximum Gasteiger partial charge on any atom is 0.317 e. The molecule has 148 valence electrons. The minimum Gasteiger partial charge on any atom is -0.480 e. The molecule has 0 aromatic heterocycles. The fourth-order valence-electron chi connectivity index (χ4n) is 4.72. The number of nitrogens with zero attached hydrogens (tertiary/aromatic N) is 2. The van der Waals surface area contributed by atoms with E-state index in [1.54, 1.807) is 0 Å². The lowest BCUT2D eigenvalue weighted by molar-refractivity contribution is -0.139. The van der Waals surface area contributed by atoms with E-state index in [1.807, 2.05) is 0 Å². The van der Waals surface area contributed by atoms with Crippen molar-refractivity contribution < 1.29 is 9.90 Å². The van der Waals surface area contributed by atoms with Crippen molar-refractivity contribution >= 4 is 5.97 Å². The molecule has 27 heavy (non-hydrogen) atoms. The molecule has 2 N–H and O–H groups in total. The van der Waals surface area contributed by atoms with Gasteiger partial charge in [0, 0.05) is 43.8 Å². The molecule has 1 heterocycles. The zero-order valence-electron chi connectivity index (χ0n) is 16.4. The van der Waals surface area contributed by atoms with Gasteiger partial charge in [-0.2, -0.15) is 0 Å². The maximum atomic E-state index is 11.2. The number of aliphatic carboxylic acids is 1. The largest absolute Gasteiger partial charge is 0.480 e. The van der Waals surface area contributed by atoms with Gasteiger partial charge in [0.25, 0.3) is 0 Å². The summed E-state index contributed by atoms with van der Waals surface area (Å²) >= 11 is 0. The Bertz CT molecular complexity index is 628. The van der Waals surface area contributed by atoms with Crippen LogP contribution < -0.4 is 5.32 Å². The van der Waals surface area contributed by atoms with E-state index in [9.17, 15) is 9.90 Å². The van der Waals surface area contributed by atoms with Crippen molar-refractivity contribution in [2.24, 2.45) is 5.92 Å². The van der Waals surface area contributed by atoms with Gasteiger partial charge in [-0.3, -0.25) is 14.6 Å². The quantitative estimate of drug-likeness (QED) is 0.699. The van der Waals surface area contributed by atoms with Crippen molar-refractivity contribution in [1.82, 2.24) is 15.1 Å². The van der Waals surface area contributed by atoms with Gasteiger partial charge in [0.05, 0.1) is 6.54 Å². The Balaban J connectivity index is 1.21. The molecule has 4 rings (SSSR count). The molecule has 1 aromatic rings. The normalized spacial score (nSPS) is 29.6. The highest BCUT2D eigenvalue weighted by atomic mass is 16.4. The van der Waals surface area contributed by atoms with Gasteiger partial charge in [-0.05, 0) is 50.5 Å². The average Bonchev–Trinajstić information content (AvgIpc) is 3.31. The summed E-state index contributed by atoms with van der Waals surface area (Å²) in [5.41, 5.74) is 1.39. The van der Waals surface area contributed by atoms with Crippen LogP contribution in [0.15, 0.2) is 30.3 Å². The number of carboxylic acids is 1. The van der Waals surface area contributed by atoms with E-state index >= 15 is 0 Å². The van der Waals surface area contributed by atoms with Crippen molar-refractivity contribution in [3.05, 3.63) is 35.9 Å². The third-order valence-corrected chi connectivity index (χ3v) is 6.68. The van der Waals surface area contributed by atoms with E-state index in [2.05, 4.69) is 52.4 Å². The molecule has 2 unspecified atom stereocenters. The molecule has 2 atom stereocenters. The van der Waals surface area contributed by atoms with Crippen LogP contribution in [0.1, 0.15) is 50.6 Å². The lowest BCUT2D eigenvalue weighted by atomic mass is 9.84. The second-order valence-corrected chi connectivity index (χ2v) is 8.82. The van der Waals surface area contributed by atoms with E-state index in [0.29, 0.717) is 24.2 Å². The first-order valence-corrected chi connectivity index (χ1v) is 10.6. The van der Waals surface area contributed by atoms with Gasteiger partial charge >= 0.3 is 5.97 Å². The van der Waals surface area contributed by atoms with E-state index in [1.165, 1.54) is 24.8 Å². The second-order valence-electron chi connectivity index (χ2n) is 8.82. The molecule has 5 nitrogen and oxygen atoms in total. The molecule has 5 heteroatoms. The van der Waals surface area contributed by atoms with Crippen molar-refractivity contribution in [1.29, 1.82) is 0 Å². The van der Waals surface area contributed by atoms with Gasteiger partial charge in [0.2, 0.25) is 0 Å². The molecule has 0 radical (unpaired) electrons. The molecule has 0 spiro atoms. The molecule has 0 amide bonds. The Morgan fingerprint density at radius 1 is 1.22 bits per heavy atom. The van der Waals surface area contributed by atoms with E-state index in [0.717, 1.165) is 38.4 Å². The van der Waals surface area contributed by atoms with Gasteiger partial charge in [-0.1, -0.05) is 30.3 Å². The number of carboxylic acid groups (broad SMARTS) is 1. The summed E-state index contributed by atoms with van der Waals surface area (Å²) in [5, 5.41) is 13.0. The highest BCUT2D eigenvalue weighted by Gasteiger charge is 2.38. The van der Waals surface area contributed by atoms with Gasteiger partial charge < -0.3 is 10.4 Å². The average molecular weight is 372 g/mol. The van der Waals surface area contributed by atoms with Crippen LogP contribution in [0.25, 0.3) is 0 Å². The maximum absolute atomic E-state index is 11.2. The zero-order chi connectivity index (χ0) is 18.8. The Kier molecular flexibility index (Phi) is 5.81. The summed E-state index contributed by atoms with van der Waals surface area (Å²) in [6, 6.07) is 12.8. The smallest absolute Gasteiger partial charge is 0.317 e. The molecule has 3 aliphatic rings. The van der Waals surface area contributed by atoms with Crippen LogP contribution in [0.5, 0.6) is 0 Å². The minimum atomic E-state index is -0.687. The molecule has 1 saturated heterocycles. The first kappa shape index (κ1) is 18.9. The highest BCUT2D eigenvalue weighted by Crippen LogP contribution is 2.34. The van der Waals surface area contributed by atoms with Crippen molar-refractivity contribution in [3.63, 3.8) is 0 Å². The summed E-state index contributed by atoms with van der Waals surface area (Å²) < 4.78 is 0. The fourth-order valence-corrected chi connectivity index (χ4v) is 4.72. The number of rotatable bonds is 9. The van der Waals surface area contributed by atoms with Crippen molar-refractivity contribution in [2.75, 3.05) is 26.2 Å². The van der Waals surface area contributed by atoms with Crippen molar-refractivity contribution in [3.8, 4) is 0 Å². The van der Waals surface area contributed by atoms with Crippen LogP contribution in [0.2, 0.25) is 0 Å². The molecular formula is C22H33N3O2. The predicted molar refractivity (Wildman–Crippen MR) is 107 cm³/mol. The monoisotopic (exact) mass is 371 g/mol. The summed E-state index contributed by atoms with van der Waals surface area (Å²) in [5.74, 6) is 0.0626. The zero-order valence-corrected chi connectivity index (χ0v) is 16.4. The Labute approximate surface area is 162 Å². The molecular weight excluding hydrogens is 338 g/mol. The van der Waals surface area contributed by atoms with E-state index in [4.69, 9.17) is 0 Å². The van der Waals surface area contributed by atoms with Crippen LogP contribution >= 0.6 is 0 Å². The molecule has 3 fully saturated rings. The Hall–Kier alpha value is -1.43. The predicted octanol–water partition coefficient (Wildman–Crippen LogP) is 2.74. The summed E-state index contributed by atoms with van der Waals surface area (Å²) in [6.45, 7) is 5.75. The van der Waals surface area contributed by atoms with Crippen LogP contribution in [0.4, 0.5) is 0 Å². The van der Waals surface area contributed by atoms with Crippen molar-refractivity contribution in [2.45, 2.75) is 63.2 Å². The molecule has 2 aliphatic carbocycles. The lowest BCUT2D eigenvalue weighted by Crippen LogP contribution is -2.56. The number of benzene rings is 1. The molecule has 0 bridgehead atoms. The highest BCUT2D eigenvalue weighted by molar-refractivity contribution is 5.69. The second kappa shape index (κ2) is 8.29. The number of hydrogen-bond acceptors (Lipinski definition) is 4.